The van der Waals surface area contributed by atoms with Gasteiger partial charge in [0.15, 0.2) is 0 Å². The first-order valence-electron chi connectivity index (χ1n) is 3.61. The van der Waals surface area contributed by atoms with E-state index in [0.717, 1.165) is 0 Å². The van der Waals surface area contributed by atoms with Crippen molar-refractivity contribution in [3.63, 3.8) is 0 Å². The molecule has 0 bridgehead atoms. The van der Waals surface area contributed by atoms with Gasteiger partial charge in [-0.2, -0.15) is 0 Å². The molecule has 0 aliphatic rings. The molecule has 0 atom stereocenters. The molecule has 2 heterocycles. The van der Waals surface area contributed by atoms with Crippen LogP contribution in [0.1, 0.15) is 10.5 Å². The standard InChI is InChI=1S/C8H6FN3O/c9-5-1-2-7-11-6(8(10)13)4-12(7)3-5/h1-4H,(H2,10,13). The maximum Gasteiger partial charge on any atom is 0.268 e. The largest absolute Gasteiger partial charge is 0.364 e. The van der Waals surface area contributed by atoms with Crippen LogP contribution in [0.3, 0.4) is 0 Å². The van der Waals surface area contributed by atoms with Crippen LogP contribution in [0.15, 0.2) is 24.5 Å². The number of aromatic nitrogens is 2. The molecule has 4 nitrogen and oxygen atoms in total. The van der Waals surface area contributed by atoms with E-state index in [2.05, 4.69) is 4.98 Å². The number of imidazole rings is 1. The van der Waals surface area contributed by atoms with E-state index in [1.165, 1.54) is 28.9 Å². The Morgan fingerprint density at radius 1 is 1.46 bits per heavy atom. The third-order valence-corrected chi connectivity index (χ3v) is 1.67. The second kappa shape index (κ2) is 2.55. The average molecular weight is 179 g/mol. The van der Waals surface area contributed by atoms with Crippen LogP contribution in [0.2, 0.25) is 0 Å². The Balaban J connectivity index is 2.68. The number of fused-ring (bicyclic) bond motifs is 1. The van der Waals surface area contributed by atoms with Crippen LogP contribution >= 0.6 is 0 Å². The van der Waals surface area contributed by atoms with Gasteiger partial charge in [0.2, 0.25) is 0 Å². The number of hydrogen-bond acceptors (Lipinski definition) is 2. The Hall–Kier alpha value is -1.91. The minimum absolute atomic E-state index is 0.130. The van der Waals surface area contributed by atoms with E-state index in [9.17, 15) is 9.18 Å². The fourth-order valence-electron chi connectivity index (χ4n) is 1.08. The summed E-state index contributed by atoms with van der Waals surface area (Å²) in [6.07, 6.45) is 2.62. The zero-order valence-corrected chi connectivity index (χ0v) is 6.57. The lowest BCUT2D eigenvalue weighted by atomic mass is 10.5. The molecule has 1 amide bonds. The Labute approximate surface area is 72.8 Å². The van der Waals surface area contributed by atoms with Gasteiger partial charge in [-0.05, 0) is 12.1 Å². The first kappa shape index (κ1) is 7.72. The van der Waals surface area contributed by atoms with Crippen LogP contribution in [-0.2, 0) is 0 Å². The van der Waals surface area contributed by atoms with Gasteiger partial charge in [-0.15, -0.1) is 0 Å². The summed E-state index contributed by atoms with van der Waals surface area (Å²) in [5, 5.41) is 0. The summed E-state index contributed by atoms with van der Waals surface area (Å²) in [4.78, 5) is 14.6. The Bertz CT molecular complexity index is 477. The topological polar surface area (TPSA) is 60.4 Å². The van der Waals surface area contributed by atoms with E-state index in [4.69, 9.17) is 5.73 Å². The Kier molecular flexibility index (Phi) is 1.51. The molecular weight excluding hydrogens is 173 g/mol. The van der Waals surface area contributed by atoms with Crippen LogP contribution in [0, 0.1) is 5.82 Å². The summed E-state index contributed by atoms with van der Waals surface area (Å²) in [6, 6.07) is 2.74. The van der Waals surface area contributed by atoms with Gasteiger partial charge in [-0.1, -0.05) is 0 Å². The number of amides is 1. The van der Waals surface area contributed by atoms with Gasteiger partial charge in [0.25, 0.3) is 5.91 Å². The van der Waals surface area contributed by atoms with E-state index >= 15 is 0 Å². The number of halogens is 1. The Morgan fingerprint density at radius 3 is 2.92 bits per heavy atom. The molecule has 0 aromatic carbocycles. The molecular formula is C8H6FN3O. The number of primary amides is 1. The van der Waals surface area contributed by atoms with Gasteiger partial charge in [-0.25, -0.2) is 9.37 Å². The quantitative estimate of drug-likeness (QED) is 0.695. The first-order valence-corrected chi connectivity index (χ1v) is 3.61. The maximum atomic E-state index is 12.7. The summed E-state index contributed by atoms with van der Waals surface area (Å²) in [5.74, 6) is -1.01. The number of carbonyl (C=O) groups is 1. The van der Waals surface area contributed by atoms with Gasteiger partial charge in [-0.3, -0.25) is 4.79 Å². The molecule has 0 spiro atoms. The van der Waals surface area contributed by atoms with Gasteiger partial charge in [0, 0.05) is 12.4 Å². The highest BCUT2D eigenvalue weighted by Crippen LogP contribution is 2.05. The molecule has 2 aromatic rings. The zero-order valence-electron chi connectivity index (χ0n) is 6.57. The van der Waals surface area contributed by atoms with Crippen molar-refractivity contribution in [2.75, 3.05) is 0 Å². The van der Waals surface area contributed by atoms with Crippen molar-refractivity contribution in [1.29, 1.82) is 0 Å². The summed E-state index contributed by atoms with van der Waals surface area (Å²) in [5.41, 5.74) is 5.63. The third kappa shape index (κ3) is 1.24. The van der Waals surface area contributed by atoms with E-state index in [0.29, 0.717) is 5.65 Å². The molecule has 0 saturated carbocycles. The number of pyridine rings is 1. The molecule has 5 heteroatoms. The van der Waals surface area contributed by atoms with Crippen molar-refractivity contribution in [2.45, 2.75) is 0 Å². The predicted octanol–water partition coefficient (Wildman–Crippen LogP) is 0.572. The average Bonchev–Trinajstić information content (AvgIpc) is 2.46. The molecule has 2 rings (SSSR count). The second-order valence-electron chi connectivity index (χ2n) is 2.60. The normalized spacial score (nSPS) is 10.5. The molecule has 0 aliphatic heterocycles. The molecule has 66 valence electrons. The summed E-state index contributed by atoms with van der Waals surface area (Å²) in [6.45, 7) is 0. The fraction of sp³-hybridized carbons (Fsp3) is 0. The first-order chi connectivity index (χ1) is 6.16. The van der Waals surface area contributed by atoms with E-state index in [-0.39, 0.29) is 11.5 Å². The molecule has 0 unspecified atom stereocenters. The molecule has 2 N–H and O–H groups in total. The van der Waals surface area contributed by atoms with Gasteiger partial charge >= 0.3 is 0 Å². The molecule has 0 fully saturated rings. The van der Waals surface area contributed by atoms with Gasteiger partial charge in [0.1, 0.15) is 17.2 Å². The van der Waals surface area contributed by atoms with E-state index in [1.807, 2.05) is 0 Å². The lowest BCUT2D eigenvalue weighted by Gasteiger charge is -1.90. The minimum atomic E-state index is -0.621. The van der Waals surface area contributed by atoms with Crippen LogP contribution in [-0.4, -0.2) is 15.3 Å². The lowest BCUT2D eigenvalue weighted by Crippen LogP contribution is -2.10. The van der Waals surface area contributed by atoms with Crippen LogP contribution < -0.4 is 5.73 Å². The maximum absolute atomic E-state index is 12.7. The molecule has 0 radical (unpaired) electrons. The van der Waals surface area contributed by atoms with Gasteiger partial charge < -0.3 is 10.1 Å². The predicted molar refractivity (Wildman–Crippen MR) is 43.7 cm³/mol. The number of rotatable bonds is 1. The van der Waals surface area contributed by atoms with Crippen molar-refractivity contribution in [3.05, 3.63) is 36.0 Å². The van der Waals surface area contributed by atoms with Crippen molar-refractivity contribution in [3.8, 4) is 0 Å². The second-order valence-corrected chi connectivity index (χ2v) is 2.60. The van der Waals surface area contributed by atoms with Crippen molar-refractivity contribution >= 4 is 11.6 Å². The Morgan fingerprint density at radius 2 is 2.23 bits per heavy atom. The van der Waals surface area contributed by atoms with Crippen LogP contribution in [0.4, 0.5) is 4.39 Å². The number of nitrogens with two attached hydrogens (primary N) is 1. The monoisotopic (exact) mass is 179 g/mol. The molecule has 2 aromatic heterocycles. The molecule has 0 aliphatic carbocycles. The van der Waals surface area contributed by atoms with Crippen molar-refractivity contribution in [2.24, 2.45) is 5.73 Å². The van der Waals surface area contributed by atoms with Crippen LogP contribution in [0.5, 0.6) is 0 Å². The highest BCUT2D eigenvalue weighted by Gasteiger charge is 2.06. The number of nitrogens with zero attached hydrogens (tertiary/aromatic N) is 2. The summed E-state index contributed by atoms with van der Waals surface area (Å²) >= 11 is 0. The van der Waals surface area contributed by atoms with Crippen molar-refractivity contribution in [1.82, 2.24) is 9.38 Å². The van der Waals surface area contributed by atoms with Crippen LogP contribution in [0.25, 0.3) is 5.65 Å². The molecule has 13 heavy (non-hydrogen) atoms. The highest BCUT2D eigenvalue weighted by molar-refractivity contribution is 5.91. The summed E-state index contributed by atoms with van der Waals surface area (Å²) < 4.78 is 14.1. The summed E-state index contributed by atoms with van der Waals surface area (Å²) in [7, 11) is 0. The van der Waals surface area contributed by atoms with E-state index < -0.39 is 5.91 Å². The number of hydrogen-bond donors (Lipinski definition) is 1. The zero-order chi connectivity index (χ0) is 9.42. The smallest absolute Gasteiger partial charge is 0.268 e. The van der Waals surface area contributed by atoms with Gasteiger partial charge in [0.05, 0.1) is 0 Å². The fourth-order valence-corrected chi connectivity index (χ4v) is 1.08. The third-order valence-electron chi connectivity index (χ3n) is 1.67. The lowest BCUT2D eigenvalue weighted by molar-refractivity contribution is 0.0996. The van der Waals surface area contributed by atoms with E-state index in [1.54, 1.807) is 0 Å². The SMILES string of the molecule is NC(=O)c1cn2cc(F)ccc2n1. The van der Waals surface area contributed by atoms with Crippen molar-refractivity contribution < 1.29 is 9.18 Å². The minimum Gasteiger partial charge on any atom is -0.364 e. The number of carbonyl (C=O) groups excluding carboxylic acids is 1. The molecule has 0 saturated heterocycles. The highest BCUT2D eigenvalue weighted by atomic mass is 19.1.